The van der Waals surface area contributed by atoms with Crippen LogP contribution in [0.2, 0.25) is 0 Å². The third kappa shape index (κ3) is 2.75. The van der Waals surface area contributed by atoms with Crippen LogP contribution in [-0.4, -0.2) is 23.8 Å². The number of hydrogen-bond acceptors (Lipinski definition) is 3. The van der Waals surface area contributed by atoms with Gasteiger partial charge in [0.1, 0.15) is 6.61 Å². The monoisotopic (exact) mass is 301 g/mol. The second-order valence-corrected chi connectivity index (χ2v) is 6.18. The summed E-state index contributed by atoms with van der Waals surface area (Å²) in [4.78, 5) is 12.0. The summed E-state index contributed by atoms with van der Waals surface area (Å²) in [6.07, 6.45) is 5.07. The minimum absolute atomic E-state index is 0.0430. The number of ether oxygens (including phenoxy) is 1. The van der Waals surface area contributed by atoms with Gasteiger partial charge in [-0.1, -0.05) is 55.8 Å². The van der Waals surface area contributed by atoms with Gasteiger partial charge in [0, 0.05) is 0 Å². The third-order valence-corrected chi connectivity index (χ3v) is 5.08. The van der Waals surface area contributed by atoms with Gasteiger partial charge in [-0.05, 0) is 29.2 Å². The fraction of sp³-hybridized carbons (Fsp3) is 0.500. The van der Waals surface area contributed by atoms with E-state index in [0.717, 1.165) is 12.0 Å². The van der Waals surface area contributed by atoms with Gasteiger partial charge < -0.3 is 15.2 Å². The van der Waals surface area contributed by atoms with Crippen LogP contribution in [0.3, 0.4) is 0 Å². The largest absolute Gasteiger partial charge is 0.445 e. The molecule has 0 aliphatic heterocycles. The maximum atomic E-state index is 12.0. The molecule has 2 N–H and O–H groups in total. The molecule has 5 atom stereocenters. The van der Waals surface area contributed by atoms with Gasteiger partial charge in [0.25, 0.3) is 0 Å². The molecular formula is C18H23NO3. The molecule has 0 saturated heterocycles. The summed E-state index contributed by atoms with van der Waals surface area (Å²) in [5.74, 6) is 2.04. The van der Waals surface area contributed by atoms with E-state index >= 15 is 0 Å². The quantitative estimate of drug-likeness (QED) is 0.794. The van der Waals surface area contributed by atoms with Crippen molar-refractivity contribution in [2.24, 2.45) is 23.7 Å². The molecule has 3 rings (SSSR count). The highest BCUT2D eigenvalue weighted by Gasteiger charge is 2.53. The summed E-state index contributed by atoms with van der Waals surface area (Å²) in [5, 5.41) is 12.5. The van der Waals surface area contributed by atoms with Crippen molar-refractivity contribution in [3.8, 4) is 0 Å². The van der Waals surface area contributed by atoms with Gasteiger partial charge >= 0.3 is 6.09 Å². The maximum Gasteiger partial charge on any atom is 0.407 e. The third-order valence-electron chi connectivity index (χ3n) is 5.08. The molecule has 0 spiro atoms. The van der Waals surface area contributed by atoms with Crippen LogP contribution in [0.4, 0.5) is 4.79 Å². The summed E-state index contributed by atoms with van der Waals surface area (Å²) >= 11 is 0. The first-order chi connectivity index (χ1) is 10.7. The number of fused-ring (bicyclic) bond motifs is 1. The molecule has 0 heterocycles. The van der Waals surface area contributed by atoms with Gasteiger partial charge in [-0.2, -0.15) is 0 Å². The number of alkyl carbamates (subject to hydrolysis) is 1. The van der Waals surface area contributed by atoms with Crippen LogP contribution in [0.1, 0.15) is 18.9 Å². The predicted molar refractivity (Wildman–Crippen MR) is 84.0 cm³/mol. The van der Waals surface area contributed by atoms with Crippen molar-refractivity contribution >= 4 is 6.09 Å². The van der Waals surface area contributed by atoms with E-state index in [1.165, 1.54) is 0 Å². The molecular weight excluding hydrogens is 278 g/mol. The number of rotatable bonds is 6. The molecule has 1 aromatic carbocycles. The Balaban J connectivity index is 1.52. The zero-order valence-electron chi connectivity index (χ0n) is 12.8. The lowest BCUT2D eigenvalue weighted by molar-refractivity contribution is -0.0252. The molecule has 1 fully saturated rings. The molecule has 0 radical (unpaired) electrons. The highest BCUT2D eigenvalue weighted by Crippen LogP contribution is 2.56. The molecule has 0 bridgehead atoms. The average molecular weight is 301 g/mol. The number of aliphatic hydroxyl groups excluding tert-OH is 1. The van der Waals surface area contributed by atoms with Crippen molar-refractivity contribution in [2.45, 2.75) is 26.0 Å². The van der Waals surface area contributed by atoms with Crippen LogP contribution in [0.15, 0.2) is 42.5 Å². The molecule has 118 valence electrons. The Labute approximate surface area is 131 Å². The summed E-state index contributed by atoms with van der Waals surface area (Å²) in [6, 6.07) is 9.36. The van der Waals surface area contributed by atoms with Crippen LogP contribution < -0.4 is 5.32 Å². The highest BCUT2D eigenvalue weighted by atomic mass is 16.5. The van der Waals surface area contributed by atoms with Crippen LogP contribution in [-0.2, 0) is 11.3 Å². The van der Waals surface area contributed by atoms with Gasteiger partial charge in [-0.3, -0.25) is 0 Å². The number of aliphatic hydroxyl groups is 1. The lowest BCUT2D eigenvalue weighted by Gasteiger charge is -2.57. The van der Waals surface area contributed by atoms with E-state index in [2.05, 4.69) is 24.4 Å². The Morgan fingerprint density at radius 3 is 2.59 bits per heavy atom. The van der Waals surface area contributed by atoms with Gasteiger partial charge in [-0.15, -0.1) is 0 Å². The van der Waals surface area contributed by atoms with Crippen molar-refractivity contribution in [2.75, 3.05) is 6.61 Å². The number of nitrogens with one attached hydrogen (secondary N) is 1. The van der Waals surface area contributed by atoms with Crippen molar-refractivity contribution in [3.63, 3.8) is 0 Å². The average Bonchev–Trinajstić information content (AvgIpc) is 2.53. The Morgan fingerprint density at radius 2 is 2.00 bits per heavy atom. The van der Waals surface area contributed by atoms with Crippen LogP contribution in [0.5, 0.6) is 0 Å². The van der Waals surface area contributed by atoms with E-state index in [-0.39, 0.29) is 19.3 Å². The van der Waals surface area contributed by atoms with Gasteiger partial charge in [0.05, 0.1) is 12.6 Å². The zero-order valence-corrected chi connectivity index (χ0v) is 12.8. The Morgan fingerprint density at radius 1 is 1.27 bits per heavy atom. The number of allylic oxidation sites excluding steroid dienone is 2. The Hall–Kier alpha value is -1.81. The van der Waals surface area contributed by atoms with Crippen LogP contribution >= 0.6 is 0 Å². The number of benzene rings is 1. The van der Waals surface area contributed by atoms with E-state index in [4.69, 9.17) is 4.74 Å². The molecule has 0 aromatic heterocycles. The summed E-state index contributed by atoms with van der Waals surface area (Å²) in [6.45, 7) is 2.37. The topological polar surface area (TPSA) is 58.6 Å². The molecule has 2 unspecified atom stereocenters. The fourth-order valence-corrected chi connectivity index (χ4v) is 3.87. The molecule has 1 aromatic rings. The van der Waals surface area contributed by atoms with Crippen molar-refractivity contribution < 1.29 is 14.6 Å². The number of amides is 1. The van der Waals surface area contributed by atoms with Crippen molar-refractivity contribution in [1.29, 1.82) is 0 Å². The summed E-state index contributed by atoms with van der Waals surface area (Å²) in [7, 11) is 0. The first-order valence-electron chi connectivity index (χ1n) is 8.01. The van der Waals surface area contributed by atoms with Crippen molar-refractivity contribution in [1.82, 2.24) is 5.32 Å². The van der Waals surface area contributed by atoms with E-state index in [1.807, 2.05) is 30.3 Å². The van der Waals surface area contributed by atoms with Gasteiger partial charge in [0.2, 0.25) is 0 Å². The first kappa shape index (κ1) is 15.1. The number of carbonyl (C=O) groups excluding carboxylic acids is 1. The second kappa shape index (κ2) is 6.53. The number of carbonyl (C=O) groups is 1. The molecule has 4 nitrogen and oxygen atoms in total. The zero-order chi connectivity index (χ0) is 15.5. The van der Waals surface area contributed by atoms with Gasteiger partial charge in [-0.25, -0.2) is 4.79 Å². The molecule has 4 heteroatoms. The van der Waals surface area contributed by atoms with E-state index in [9.17, 15) is 9.90 Å². The Kier molecular flexibility index (Phi) is 4.48. The molecule has 22 heavy (non-hydrogen) atoms. The minimum Gasteiger partial charge on any atom is -0.445 e. The SMILES string of the molecule is CC[C@@H]1C2C=CC2[C@@H]1[C@@H](CO)NC(=O)OCc1ccccc1. The smallest absolute Gasteiger partial charge is 0.407 e. The summed E-state index contributed by atoms with van der Waals surface area (Å²) in [5.41, 5.74) is 0.954. The fourth-order valence-electron chi connectivity index (χ4n) is 3.87. The Bertz CT molecular complexity index is 543. The lowest BCUT2D eigenvalue weighted by atomic mass is 9.49. The number of hydrogen-bond donors (Lipinski definition) is 2. The van der Waals surface area contributed by atoms with E-state index in [0.29, 0.717) is 23.7 Å². The summed E-state index contributed by atoms with van der Waals surface area (Å²) < 4.78 is 5.25. The van der Waals surface area contributed by atoms with E-state index in [1.54, 1.807) is 0 Å². The first-order valence-corrected chi connectivity index (χ1v) is 8.01. The van der Waals surface area contributed by atoms with Crippen LogP contribution in [0.25, 0.3) is 0 Å². The molecule has 1 amide bonds. The predicted octanol–water partition coefficient (Wildman–Crippen LogP) is 2.73. The van der Waals surface area contributed by atoms with Gasteiger partial charge in [0.15, 0.2) is 0 Å². The maximum absolute atomic E-state index is 12.0. The second-order valence-electron chi connectivity index (χ2n) is 6.18. The lowest BCUT2D eigenvalue weighted by Crippen LogP contribution is -2.59. The van der Waals surface area contributed by atoms with E-state index < -0.39 is 6.09 Å². The normalized spacial score (nSPS) is 29.7. The standard InChI is InChI=1S/C18H23NO3/c1-2-13-14-8-9-15(14)17(13)16(10-20)19-18(21)22-11-12-6-4-3-5-7-12/h3-9,13-17,20H,2,10-11H2,1H3,(H,19,21)/t13-,14?,15?,16-,17-/m1/s1. The molecule has 2 aliphatic rings. The van der Waals surface area contributed by atoms with Crippen molar-refractivity contribution in [3.05, 3.63) is 48.0 Å². The minimum atomic E-state index is -0.454. The highest BCUT2D eigenvalue weighted by molar-refractivity contribution is 5.67. The molecule has 1 saturated carbocycles. The molecule has 2 aliphatic carbocycles. The van der Waals surface area contributed by atoms with Crippen LogP contribution in [0, 0.1) is 23.7 Å².